The zero-order valence-corrected chi connectivity index (χ0v) is 12.8. The fourth-order valence-corrected chi connectivity index (χ4v) is 3.24. The molecule has 0 aliphatic heterocycles. The molecule has 5 heteroatoms. The van der Waals surface area contributed by atoms with Gasteiger partial charge < -0.3 is 14.8 Å². The van der Waals surface area contributed by atoms with Crippen LogP contribution in [0.3, 0.4) is 0 Å². The first-order chi connectivity index (χ1) is 10.2. The van der Waals surface area contributed by atoms with Gasteiger partial charge in [-0.15, -0.1) is 0 Å². The van der Waals surface area contributed by atoms with Gasteiger partial charge in [0.15, 0.2) is 0 Å². The molecular formula is C16H25NO4. The Morgan fingerprint density at radius 3 is 2.48 bits per heavy atom. The van der Waals surface area contributed by atoms with Crippen molar-refractivity contribution in [3.63, 3.8) is 0 Å². The fraction of sp³-hybridized carbons (Fsp3) is 0.750. The van der Waals surface area contributed by atoms with Gasteiger partial charge in [0.05, 0.1) is 25.2 Å². The number of hydrogen-bond donors (Lipinski definition) is 1. The molecule has 1 fully saturated rings. The SMILES string of the molecule is CCCCOC(=O)N[C@@H]1[C@@H](C(=O)OCC)[C@@H]2C=C[C@H]1CC2. The molecule has 0 aromatic rings. The van der Waals surface area contributed by atoms with Crippen molar-refractivity contribution < 1.29 is 19.1 Å². The zero-order chi connectivity index (χ0) is 15.2. The number of fused-ring (bicyclic) bond motifs is 2. The minimum Gasteiger partial charge on any atom is -0.466 e. The van der Waals surface area contributed by atoms with Crippen LogP contribution in [0.1, 0.15) is 39.5 Å². The van der Waals surface area contributed by atoms with Gasteiger partial charge >= 0.3 is 12.1 Å². The normalized spacial score (nSPS) is 30.0. The Hall–Kier alpha value is -1.52. The predicted octanol–water partition coefficient (Wildman–Crippen LogP) is 2.66. The first kappa shape index (κ1) is 15.9. The van der Waals surface area contributed by atoms with Gasteiger partial charge in [0.2, 0.25) is 0 Å². The van der Waals surface area contributed by atoms with Crippen molar-refractivity contribution in [3.8, 4) is 0 Å². The topological polar surface area (TPSA) is 64.6 Å². The summed E-state index contributed by atoms with van der Waals surface area (Å²) in [4.78, 5) is 24.1. The Balaban J connectivity index is 1.99. The van der Waals surface area contributed by atoms with Crippen LogP contribution in [0.4, 0.5) is 4.79 Å². The molecule has 3 aliphatic carbocycles. The van der Waals surface area contributed by atoms with Gasteiger partial charge in [0.1, 0.15) is 0 Å². The Kier molecular flexibility index (Phi) is 5.65. The van der Waals surface area contributed by atoms with Gasteiger partial charge in [-0.1, -0.05) is 25.5 Å². The summed E-state index contributed by atoms with van der Waals surface area (Å²) in [5.74, 6) is -0.138. The highest BCUT2D eigenvalue weighted by molar-refractivity contribution is 5.76. The molecule has 1 N–H and O–H groups in total. The Morgan fingerprint density at radius 1 is 1.14 bits per heavy atom. The summed E-state index contributed by atoms with van der Waals surface area (Å²) in [7, 11) is 0. The zero-order valence-electron chi connectivity index (χ0n) is 12.8. The van der Waals surface area contributed by atoms with E-state index >= 15 is 0 Å². The van der Waals surface area contributed by atoms with Crippen LogP contribution < -0.4 is 5.32 Å². The molecule has 5 nitrogen and oxygen atoms in total. The van der Waals surface area contributed by atoms with E-state index in [0.717, 1.165) is 25.7 Å². The molecule has 2 bridgehead atoms. The summed E-state index contributed by atoms with van der Waals surface area (Å²) in [6.45, 7) is 4.63. The van der Waals surface area contributed by atoms with E-state index in [1.807, 2.05) is 6.92 Å². The van der Waals surface area contributed by atoms with Crippen LogP contribution >= 0.6 is 0 Å². The molecule has 4 atom stereocenters. The van der Waals surface area contributed by atoms with Crippen molar-refractivity contribution in [2.24, 2.45) is 17.8 Å². The molecule has 3 rings (SSSR count). The second-order valence-corrected chi connectivity index (χ2v) is 5.73. The minimum atomic E-state index is -0.427. The predicted molar refractivity (Wildman–Crippen MR) is 78.7 cm³/mol. The molecule has 0 saturated heterocycles. The Bertz CT molecular complexity index is 407. The van der Waals surface area contributed by atoms with E-state index in [1.165, 1.54) is 0 Å². The number of amides is 1. The molecule has 1 amide bonds. The second kappa shape index (κ2) is 7.48. The van der Waals surface area contributed by atoms with Gasteiger partial charge in [-0.05, 0) is 38.0 Å². The maximum Gasteiger partial charge on any atom is 0.407 e. The highest BCUT2D eigenvalue weighted by Gasteiger charge is 2.46. The molecule has 0 aromatic heterocycles. The molecule has 0 spiro atoms. The molecule has 0 heterocycles. The smallest absolute Gasteiger partial charge is 0.407 e. The van der Waals surface area contributed by atoms with E-state index in [9.17, 15) is 9.59 Å². The highest BCUT2D eigenvalue weighted by atomic mass is 16.5. The van der Waals surface area contributed by atoms with Crippen LogP contribution in [0, 0.1) is 17.8 Å². The van der Waals surface area contributed by atoms with Gasteiger partial charge in [0.25, 0.3) is 0 Å². The van der Waals surface area contributed by atoms with Gasteiger partial charge in [-0.3, -0.25) is 4.79 Å². The average molecular weight is 295 g/mol. The minimum absolute atomic E-state index is 0.162. The quantitative estimate of drug-likeness (QED) is 0.465. The lowest BCUT2D eigenvalue weighted by molar-refractivity contribution is -0.152. The molecule has 118 valence electrons. The van der Waals surface area contributed by atoms with E-state index in [1.54, 1.807) is 6.92 Å². The lowest BCUT2D eigenvalue weighted by atomic mass is 9.66. The molecule has 3 aliphatic rings. The van der Waals surface area contributed by atoms with Gasteiger partial charge in [-0.25, -0.2) is 4.79 Å². The van der Waals surface area contributed by atoms with E-state index in [-0.39, 0.29) is 29.8 Å². The second-order valence-electron chi connectivity index (χ2n) is 5.73. The number of allylic oxidation sites excluding steroid dienone is 1. The molecule has 0 aromatic carbocycles. The van der Waals surface area contributed by atoms with E-state index in [4.69, 9.17) is 9.47 Å². The molecule has 0 radical (unpaired) electrons. The van der Waals surface area contributed by atoms with Crippen molar-refractivity contribution in [1.82, 2.24) is 5.32 Å². The number of unbranched alkanes of at least 4 members (excludes halogenated alkanes) is 1. The lowest BCUT2D eigenvalue weighted by Crippen LogP contribution is -2.54. The summed E-state index contributed by atoms with van der Waals surface area (Å²) in [6.07, 6.45) is 7.59. The van der Waals surface area contributed by atoms with E-state index in [2.05, 4.69) is 17.5 Å². The molecule has 0 unspecified atom stereocenters. The number of alkyl carbamates (subject to hydrolysis) is 1. The van der Waals surface area contributed by atoms with Crippen molar-refractivity contribution in [2.75, 3.05) is 13.2 Å². The van der Waals surface area contributed by atoms with Crippen LogP contribution in [-0.2, 0) is 14.3 Å². The molecular weight excluding hydrogens is 270 g/mol. The third-order valence-electron chi connectivity index (χ3n) is 4.32. The summed E-state index contributed by atoms with van der Waals surface area (Å²) in [5, 5.41) is 2.89. The number of nitrogens with one attached hydrogen (secondary N) is 1. The average Bonchev–Trinajstić information content (AvgIpc) is 2.48. The summed E-state index contributed by atoms with van der Waals surface area (Å²) >= 11 is 0. The standard InChI is InChI=1S/C16H25NO4/c1-3-5-10-21-16(19)17-14-12-8-6-11(7-9-12)13(14)15(18)20-4-2/h6,8,11-14H,3-5,7,9-10H2,1-2H3,(H,17,19)/t11-,12+,13+,14+/m1/s1. The van der Waals surface area contributed by atoms with Gasteiger partial charge in [0, 0.05) is 0 Å². The maximum absolute atomic E-state index is 12.2. The summed E-state index contributed by atoms with van der Waals surface area (Å²) < 4.78 is 10.3. The Morgan fingerprint density at radius 2 is 1.86 bits per heavy atom. The van der Waals surface area contributed by atoms with Crippen molar-refractivity contribution in [1.29, 1.82) is 0 Å². The van der Waals surface area contributed by atoms with E-state index < -0.39 is 6.09 Å². The number of esters is 1. The number of carbonyl (C=O) groups excluding carboxylic acids is 2. The third-order valence-corrected chi connectivity index (χ3v) is 4.32. The van der Waals surface area contributed by atoms with Gasteiger partial charge in [-0.2, -0.15) is 0 Å². The molecule has 1 saturated carbocycles. The van der Waals surface area contributed by atoms with Crippen LogP contribution in [0.2, 0.25) is 0 Å². The van der Waals surface area contributed by atoms with Crippen LogP contribution in [-0.4, -0.2) is 31.3 Å². The van der Waals surface area contributed by atoms with Crippen molar-refractivity contribution >= 4 is 12.1 Å². The number of carbonyl (C=O) groups is 2. The maximum atomic E-state index is 12.2. The first-order valence-corrected chi connectivity index (χ1v) is 7.95. The monoisotopic (exact) mass is 295 g/mol. The fourth-order valence-electron chi connectivity index (χ4n) is 3.24. The van der Waals surface area contributed by atoms with Crippen molar-refractivity contribution in [2.45, 2.75) is 45.6 Å². The summed E-state index contributed by atoms with van der Waals surface area (Å²) in [5.41, 5.74) is 0. The molecule has 21 heavy (non-hydrogen) atoms. The van der Waals surface area contributed by atoms with Crippen LogP contribution in [0.5, 0.6) is 0 Å². The third kappa shape index (κ3) is 3.77. The van der Waals surface area contributed by atoms with Crippen molar-refractivity contribution in [3.05, 3.63) is 12.2 Å². The van der Waals surface area contributed by atoms with Crippen LogP contribution in [0.25, 0.3) is 0 Å². The number of hydrogen-bond acceptors (Lipinski definition) is 4. The van der Waals surface area contributed by atoms with Crippen LogP contribution in [0.15, 0.2) is 12.2 Å². The summed E-state index contributed by atoms with van der Waals surface area (Å²) in [6, 6.07) is -0.207. The largest absolute Gasteiger partial charge is 0.466 e. The number of rotatable bonds is 6. The highest BCUT2D eigenvalue weighted by Crippen LogP contribution is 2.41. The number of ether oxygens (including phenoxy) is 2. The Labute approximate surface area is 126 Å². The van der Waals surface area contributed by atoms with E-state index in [0.29, 0.717) is 13.2 Å². The first-order valence-electron chi connectivity index (χ1n) is 7.95. The lowest BCUT2D eigenvalue weighted by Gasteiger charge is -2.43.